The van der Waals surface area contributed by atoms with Crippen molar-refractivity contribution >= 4 is 6.47 Å². The van der Waals surface area contributed by atoms with Crippen molar-refractivity contribution in [1.29, 1.82) is 0 Å². The van der Waals surface area contributed by atoms with E-state index in [1.807, 2.05) is 0 Å². The van der Waals surface area contributed by atoms with Crippen LogP contribution in [0.4, 0.5) is 0 Å². The molecule has 0 amide bonds. The largest absolute Gasteiger partial charge is 0.468 e. The molecule has 0 bridgehead atoms. The number of unbranched alkanes of at least 4 members (excludes halogenated alkanes) is 10. The number of hydrogen-bond acceptors (Lipinski definition) is 3. The summed E-state index contributed by atoms with van der Waals surface area (Å²) in [6, 6.07) is 0. The number of hydrogen-bond donors (Lipinski definition) is 0. The topological polar surface area (TPSA) is 35.5 Å². The summed E-state index contributed by atoms with van der Waals surface area (Å²) in [5, 5.41) is 0. The average molecular weight is 286 g/mol. The van der Waals surface area contributed by atoms with Crippen LogP contribution >= 0.6 is 0 Å². The number of rotatable bonds is 17. The molecule has 3 heteroatoms. The van der Waals surface area contributed by atoms with Crippen molar-refractivity contribution in [1.82, 2.24) is 0 Å². The van der Waals surface area contributed by atoms with Crippen LogP contribution < -0.4 is 0 Å². The van der Waals surface area contributed by atoms with E-state index >= 15 is 0 Å². The molecule has 0 unspecified atom stereocenters. The number of carbonyl (C=O) groups is 1. The van der Waals surface area contributed by atoms with Gasteiger partial charge in [0, 0.05) is 19.6 Å². The summed E-state index contributed by atoms with van der Waals surface area (Å²) < 4.78 is 10.1. The maximum atomic E-state index is 9.89. The highest BCUT2D eigenvalue weighted by atomic mass is 16.5. The Morgan fingerprint density at radius 3 is 1.70 bits per heavy atom. The molecule has 0 aliphatic rings. The Morgan fingerprint density at radius 2 is 1.15 bits per heavy atom. The van der Waals surface area contributed by atoms with E-state index in [1.165, 1.54) is 64.2 Å². The predicted molar refractivity (Wildman–Crippen MR) is 83.9 cm³/mol. The molecule has 0 saturated heterocycles. The minimum absolute atomic E-state index is 0.474. The lowest BCUT2D eigenvalue weighted by Crippen LogP contribution is -2.01. The van der Waals surface area contributed by atoms with Crippen molar-refractivity contribution < 1.29 is 14.3 Å². The van der Waals surface area contributed by atoms with E-state index in [1.54, 1.807) is 0 Å². The molecule has 0 saturated carbocycles. The molecule has 3 nitrogen and oxygen atoms in total. The summed E-state index contributed by atoms with van der Waals surface area (Å²) in [4.78, 5) is 9.89. The zero-order valence-corrected chi connectivity index (χ0v) is 13.4. The normalized spacial score (nSPS) is 10.7. The van der Waals surface area contributed by atoms with Gasteiger partial charge in [0.1, 0.15) is 0 Å². The molecular weight excluding hydrogens is 252 g/mol. The van der Waals surface area contributed by atoms with Crippen molar-refractivity contribution in [3.05, 3.63) is 0 Å². The van der Waals surface area contributed by atoms with Gasteiger partial charge in [-0.05, 0) is 6.42 Å². The molecule has 20 heavy (non-hydrogen) atoms. The van der Waals surface area contributed by atoms with E-state index < -0.39 is 0 Å². The smallest absolute Gasteiger partial charge is 0.293 e. The lowest BCUT2D eigenvalue weighted by Gasteiger charge is -2.04. The third-order valence-electron chi connectivity index (χ3n) is 3.51. The van der Waals surface area contributed by atoms with Crippen molar-refractivity contribution in [2.45, 2.75) is 84.0 Å². The molecule has 0 heterocycles. The quantitative estimate of drug-likeness (QED) is 0.282. The molecule has 0 aromatic carbocycles. The van der Waals surface area contributed by atoms with E-state index in [2.05, 4.69) is 11.7 Å². The summed E-state index contributed by atoms with van der Waals surface area (Å²) in [6.45, 7) is 4.78. The van der Waals surface area contributed by atoms with E-state index in [-0.39, 0.29) is 0 Å². The van der Waals surface area contributed by atoms with Gasteiger partial charge in [0.2, 0.25) is 0 Å². The Hall–Kier alpha value is -0.570. The second kappa shape index (κ2) is 18.4. The van der Waals surface area contributed by atoms with Gasteiger partial charge in [-0.25, -0.2) is 0 Å². The van der Waals surface area contributed by atoms with Gasteiger partial charge in [0.05, 0.1) is 6.61 Å². The van der Waals surface area contributed by atoms with Gasteiger partial charge >= 0.3 is 0 Å². The van der Waals surface area contributed by atoms with Crippen molar-refractivity contribution in [2.24, 2.45) is 0 Å². The Labute approximate surface area is 125 Å². The molecule has 0 rings (SSSR count). The fourth-order valence-corrected chi connectivity index (χ4v) is 2.26. The molecule has 0 aliphatic carbocycles. The first-order valence-electron chi connectivity index (χ1n) is 8.54. The Bertz CT molecular complexity index is 183. The van der Waals surface area contributed by atoms with Crippen LogP contribution in [0.25, 0.3) is 0 Å². The second-order valence-electron chi connectivity index (χ2n) is 5.47. The van der Waals surface area contributed by atoms with Crippen LogP contribution in [0.3, 0.4) is 0 Å². The summed E-state index contributed by atoms with van der Waals surface area (Å²) in [6.07, 6.45) is 15.8. The molecule has 0 radical (unpaired) electrons. The minimum atomic E-state index is 0.474. The van der Waals surface area contributed by atoms with Crippen LogP contribution in [0, 0.1) is 0 Å². The van der Waals surface area contributed by atoms with Gasteiger partial charge in [0.15, 0.2) is 0 Å². The maximum Gasteiger partial charge on any atom is 0.293 e. The molecule has 0 aliphatic heterocycles. The van der Waals surface area contributed by atoms with Gasteiger partial charge in [-0.1, -0.05) is 71.1 Å². The van der Waals surface area contributed by atoms with E-state index in [9.17, 15) is 4.79 Å². The third kappa shape index (κ3) is 17.4. The van der Waals surface area contributed by atoms with E-state index in [0.29, 0.717) is 19.7 Å². The standard InChI is InChI=1S/C17H34O3/c1-2-3-4-5-6-7-8-9-10-11-12-14-19-15-13-16-20-17-18/h17H,2-16H2,1H3. The molecule has 0 aromatic heterocycles. The van der Waals surface area contributed by atoms with Crippen LogP contribution in [0.1, 0.15) is 84.0 Å². The fourth-order valence-electron chi connectivity index (χ4n) is 2.26. The average Bonchev–Trinajstić information content (AvgIpc) is 2.47. The van der Waals surface area contributed by atoms with Crippen LogP contribution in [0.2, 0.25) is 0 Å². The van der Waals surface area contributed by atoms with Crippen LogP contribution in [0.5, 0.6) is 0 Å². The Kier molecular flexibility index (Phi) is 17.9. The van der Waals surface area contributed by atoms with Gasteiger partial charge in [-0.15, -0.1) is 0 Å². The lowest BCUT2D eigenvalue weighted by molar-refractivity contribution is -0.129. The van der Waals surface area contributed by atoms with E-state index in [4.69, 9.17) is 4.74 Å². The SMILES string of the molecule is CCCCCCCCCCCCCOCCCOC=O. The molecule has 0 fully saturated rings. The van der Waals surface area contributed by atoms with Gasteiger partial charge in [-0.2, -0.15) is 0 Å². The first-order chi connectivity index (χ1) is 9.91. The fraction of sp³-hybridized carbons (Fsp3) is 0.941. The summed E-state index contributed by atoms with van der Waals surface area (Å²) in [5.41, 5.74) is 0. The highest BCUT2D eigenvalue weighted by molar-refractivity contribution is 5.36. The van der Waals surface area contributed by atoms with Crippen LogP contribution in [-0.2, 0) is 14.3 Å². The lowest BCUT2D eigenvalue weighted by atomic mass is 10.1. The second-order valence-corrected chi connectivity index (χ2v) is 5.47. The van der Waals surface area contributed by atoms with Crippen LogP contribution in [0.15, 0.2) is 0 Å². The van der Waals surface area contributed by atoms with Crippen molar-refractivity contribution in [3.63, 3.8) is 0 Å². The minimum Gasteiger partial charge on any atom is -0.468 e. The maximum absolute atomic E-state index is 9.89. The number of ether oxygens (including phenoxy) is 2. The molecule has 0 N–H and O–H groups in total. The van der Waals surface area contributed by atoms with Gasteiger partial charge in [0.25, 0.3) is 6.47 Å². The molecule has 0 aromatic rings. The summed E-state index contributed by atoms with van der Waals surface area (Å²) in [7, 11) is 0. The molecule has 120 valence electrons. The van der Waals surface area contributed by atoms with Crippen molar-refractivity contribution in [3.8, 4) is 0 Å². The first kappa shape index (κ1) is 19.4. The van der Waals surface area contributed by atoms with Crippen LogP contribution in [-0.4, -0.2) is 26.3 Å². The van der Waals surface area contributed by atoms with Crippen molar-refractivity contribution in [2.75, 3.05) is 19.8 Å². The van der Waals surface area contributed by atoms with Gasteiger partial charge in [-0.3, -0.25) is 4.79 Å². The molecular formula is C17H34O3. The first-order valence-corrected chi connectivity index (χ1v) is 8.54. The third-order valence-corrected chi connectivity index (χ3v) is 3.51. The zero-order chi connectivity index (χ0) is 14.7. The molecule has 0 atom stereocenters. The van der Waals surface area contributed by atoms with E-state index in [0.717, 1.165) is 19.4 Å². The van der Waals surface area contributed by atoms with Gasteiger partial charge < -0.3 is 9.47 Å². The summed E-state index contributed by atoms with van der Waals surface area (Å²) >= 11 is 0. The highest BCUT2D eigenvalue weighted by Crippen LogP contribution is 2.11. The summed E-state index contributed by atoms with van der Waals surface area (Å²) in [5.74, 6) is 0. The number of carbonyl (C=O) groups excluding carboxylic acids is 1. The highest BCUT2D eigenvalue weighted by Gasteiger charge is 1.94. The Morgan fingerprint density at radius 1 is 0.650 bits per heavy atom. The Balaban J connectivity index is 2.90. The molecule has 0 spiro atoms. The predicted octanol–water partition coefficient (Wildman–Crippen LogP) is 4.88. The zero-order valence-electron chi connectivity index (χ0n) is 13.4. The monoisotopic (exact) mass is 286 g/mol.